The molecule has 2 heteroatoms. The van der Waals surface area contributed by atoms with Crippen molar-refractivity contribution in [2.24, 2.45) is 0 Å². The number of hydrogen-bond donors (Lipinski definition) is 0. The quantitative estimate of drug-likeness (QED) is 0.180. The Morgan fingerprint density at radius 1 is 0.417 bits per heavy atom. The van der Waals surface area contributed by atoms with E-state index in [1.807, 2.05) is 0 Å². The maximum absolute atomic E-state index is 2.41. The standard InChI is InChI=1S/C46H38N2/c1-4-16-36(17-5-1)46(30-12-3-13-31-46)37-23-26-39(27-24-37)47(38-18-6-2-7-19-38)41-28-29-45-43(33-41)42-20-10-11-21-44(42)48(45)40-25-22-34-14-8-9-15-35(34)32-40/h1-2,4-11,14-29,32-33H,3,12-13,30-31H2. The van der Waals surface area contributed by atoms with Crippen molar-refractivity contribution in [2.75, 3.05) is 4.90 Å². The molecular weight excluding hydrogens is 581 g/mol. The first kappa shape index (κ1) is 28.6. The number of para-hydroxylation sites is 2. The molecule has 7 aromatic carbocycles. The highest BCUT2D eigenvalue weighted by molar-refractivity contribution is 6.11. The first-order chi connectivity index (χ1) is 23.8. The van der Waals surface area contributed by atoms with E-state index in [9.17, 15) is 0 Å². The second kappa shape index (κ2) is 11.9. The Morgan fingerprint density at radius 3 is 1.81 bits per heavy atom. The van der Waals surface area contributed by atoms with E-state index in [0.29, 0.717) is 0 Å². The van der Waals surface area contributed by atoms with Gasteiger partial charge in [-0.3, -0.25) is 0 Å². The summed E-state index contributed by atoms with van der Waals surface area (Å²) < 4.78 is 2.41. The van der Waals surface area contributed by atoms with Crippen LogP contribution in [-0.4, -0.2) is 4.57 Å². The number of hydrogen-bond acceptors (Lipinski definition) is 1. The molecule has 1 aliphatic rings. The van der Waals surface area contributed by atoms with Crippen LogP contribution in [0.4, 0.5) is 17.1 Å². The lowest BCUT2D eigenvalue weighted by Gasteiger charge is -2.39. The minimum atomic E-state index is 0.0825. The van der Waals surface area contributed by atoms with Crippen LogP contribution in [0.25, 0.3) is 38.3 Å². The van der Waals surface area contributed by atoms with E-state index in [0.717, 1.165) is 11.4 Å². The van der Waals surface area contributed by atoms with E-state index in [2.05, 4.69) is 179 Å². The van der Waals surface area contributed by atoms with Gasteiger partial charge in [-0.2, -0.15) is 0 Å². The predicted molar refractivity (Wildman–Crippen MR) is 203 cm³/mol. The lowest BCUT2D eigenvalue weighted by molar-refractivity contribution is 0.346. The Kier molecular flexibility index (Phi) is 7.08. The molecule has 48 heavy (non-hydrogen) atoms. The number of anilines is 3. The monoisotopic (exact) mass is 618 g/mol. The predicted octanol–water partition coefficient (Wildman–Crippen LogP) is 12.7. The van der Waals surface area contributed by atoms with E-state index >= 15 is 0 Å². The van der Waals surface area contributed by atoms with Crippen LogP contribution in [0.1, 0.15) is 43.2 Å². The smallest absolute Gasteiger partial charge is 0.0542 e. The fourth-order valence-electron chi connectivity index (χ4n) is 8.30. The molecule has 2 nitrogen and oxygen atoms in total. The van der Waals surface area contributed by atoms with Gasteiger partial charge in [-0.25, -0.2) is 0 Å². The largest absolute Gasteiger partial charge is 0.310 e. The van der Waals surface area contributed by atoms with Gasteiger partial charge in [-0.15, -0.1) is 0 Å². The Balaban J connectivity index is 1.18. The molecular formula is C46H38N2. The number of aromatic nitrogens is 1. The molecule has 1 heterocycles. The molecule has 0 unspecified atom stereocenters. The van der Waals surface area contributed by atoms with Crippen molar-refractivity contribution in [3.63, 3.8) is 0 Å². The van der Waals surface area contributed by atoms with Crippen LogP contribution in [0.5, 0.6) is 0 Å². The molecule has 0 saturated heterocycles. The number of fused-ring (bicyclic) bond motifs is 4. The zero-order valence-corrected chi connectivity index (χ0v) is 27.1. The van der Waals surface area contributed by atoms with Gasteiger partial charge in [0.1, 0.15) is 0 Å². The van der Waals surface area contributed by atoms with Crippen LogP contribution in [0.3, 0.4) is 0 Å². The van der Waals surface area contributed by atoms with Crippen LogP contribution in [-0.2, 0) is 5.41 Å². The molecule has 9 rings (SSSR count). The number of benzene rings is 7. The molecule has 1 aliphatic carbocycles. The minimum Gasteiger partial charge on any atom is -0.310 e. The summed E-state index contributed by atoms with van der Waals surface area (Å²) in [5, 5.41) is 5.01. The lowest BCUT2D eigenvalue weighted by Crippen LogP contribution is -2.30. The van der Waals surface area contributed by atoms with Gasteiger partial charge >= 0.3 is 0 Å². The van der Waals surface area contributed by atoms with Crippen molar-refractivity contribution in [2.45, 2.75) is 37.5 Å². The summed E-state index contributed by atoms with van der Waals surface area (Å²) in [6.45, 7) is 0. The maximum atomic E-state index is 2.41. The maximum Gasteiger partial charge on any atom is 0.0542 e. The van der Waals surface area contributed by atoms with Gasteiger partial charge in [0, 0.05) is 38.9 Å². The van der Waals surface area contributed by atoms with Crippen LogP contribution in [0, 0.1) is 0 Å². The van der Waals surface area contributed by atoms with Crippen molar-refractivity contribution in [1.29, 1.82) is 0 Å². The third kappa shape index (κ3) is 4.79. The Labute approximate surface area is 282 Å². The highest BCUT2D eigenvalue weighted by atomic mass is 15.1. The van der Waals surface area contributed by atoms with Gasteiger partial charge in [0.25, 0.3) is 0 Å². The van der Waals surface area contributed by atoms with Gasteiger partial charge in [0.05, 0.1) is 11.0 Å². The molecule has 0 bridgehead atoms. The topological polar surface area (TPSA) is 8.17 Å². The molecule has 232 valence electrons. The van der Waals surface area contributed by atoms with Crippen molar-refractivity contribution in [3.05, 3.63) is 181 Å². The van der Waals surface area contributed by atoms with Crippen molar-refractivity contribution in [3.8, 4) is 5.69 Å². The molecule has 0 N–H and O–H groups in total. The molecule has 1 saturated carbocycles. The van der Waals surface area contributed by atoms with Crippen LogP contribution in [0.15, 0.2) is 170 Å². The zero-order chi connectivity index (χ0) is 31.9. The molecule has 0 aliphatic heterocycles. The zero-order valence-electron chi connectivity index (χ0n) is 27.1. The summed E-state index contributed by atoms with van der Waals surface area (Å²) >= 11 is 0. The average Bonchev–Trinajstić information content (AvgIpc) is 3.50. The van der Waals surface area contributed by atoms with Gasteiger partial charge in [-0.1, -0.05) is 128 Å². The minimum absolute atomic E-state index is 0.0825. The first-order valence-electron chi connectivity index (χ1n) is 17.3. The highest BCUT2D eigenvalue weighted by Gasteiger charge is 2.35. The van der Waals surface area contributed by atoms with E-state index in [1.165, 1.54) is 87.2 Å². The molecule has 0 spiro atoms. The van der Waals surface area contributed by atoms with E-state index in [1.54, 1.807) is 0 Å². The van der Waals surface area contributed by atoms with Crippen LogP contribution >= 0.6 is 0 Å². The fraction of sp³-hybridized carbons (Fsp3) is 0.130. The Bertz CT molecular complexity index is 2360. The lowest BCUT2D eigenvalue weighted by atomic mass is 9.65. The average molecular weight is 619 g/mol. The summed E-state index contributed by atoms with van der Waals surface area (Å²) in [6, 6.07) is 62.6. The third-order valence-corrected chi connectivity index (χ3v) is 10.6. The summed E-state index contributed by atoms with van der Waals surface area (Å²) in [7, 11) is 0. The molecule has 0 atom stereocenters. The SMILES string of the molecule is c1ccc(N(c2ccc(C3(c4ccccc4)CCCCC3)cc2)c2ccc3c(c2)c2ccccc2n3-c2ccc3ccccc3c2)cc1. The molecule has 0 radical (unpaired) electrons. The molecule has 0 amide bonds. The summed E-state index contributed by atoms with van der Waals surface area (Å²) in [6.07, 6.45) is 6.29. The van der Waals surface area contributed by atoms with Crippen LogP contribution in [0.2, 0.25) is 0 Å². The Morgan fingerprint density at radius 2 is 1.02 bits per heavy atom. The third-order valence-electron chi connectivity index (χ3n) is 10.6. The number of nitrogens with zero attached hydrogens (tertiary/aromatic N) is 2. The van der Waals surface area contributed by atoms with E-state index in [-0.39, 0.29) is 5.41 Å². The van der Waals surface area contributed by atoms with Crippen molar-refractivity contribution in [1.82, 2.24) is 4.57 Å². The summed E-state index contributed by atoms with van der Waals surface area (Å²) in [4.78, 5) is 2.40. The normalized spacial score (nSPS) is 14.4. The van der Waals surface area contributed by atoms with E-state index < -0.39 is 0 Å². The fourth-order valence-corrected chi connectivity index (χ4v) is 8.30. The second-order valence-corrected chi connectivity index (χ2v) is 13.3. The van der Waals surface area contributed by atoms with Gasteiger partial charge in [0.15, 0.2) is 0 Å². The molecule has 1 aromatic heterocycles. The van der Waals surface area contributed by atoms with Crippen LogP contribution < -0.4 is 4.90 Å². The van der Waals surface area contributed by atoms with Gasteiger partial charge in [-0.05, 0) is 95.4 Å². The van der Waals surface area contributed by atoms with Gasteiger partial charge < -0.3 is 9.47 Å². The van der Waals surface area contributed by atoms with E-state index in [4.69, 9.17) is 0 Å². The first-order valence-corrected chi connectivity index (χ1v) is 17.3. The summed E-state index contributed by atoms with van der Waals surface area (Å²) in [5.41, 5.74) is 10.0. The number of rotatable bonds is 6. The molecule has 8 aromatic rings. The summed E-state index contributed by atoms with van der Waals surface area (Å²) in [5.74, 6) is 0. The van der Waals surface area contributed by atoms with Crippen molar-refractivity contribution >= 4 is 49.6 Å². The van der Waals surface area contributed by atoms with Gasteiger partial charge in [0.2, 0.25) is 0 Å². The Hall–Kier alpha value is -5.60. The highest BCUT2D eigenvalue weighted by Crippen LogP contribution is 2.46. The van der Waals surface area contributed by atoms with Crippen molar-refractivity contribution < 1.29 is 0 Å². The molecule has 1 fully saturated rings. The second-order valence-electron chi connectivity index (χ2n) is 13.3.